The Kier molecular flexibility index (Phi) is 7.27. The fourth-order valence-corrected chi connectivity index (χ4v) is 4.03. The molecule has 0 spiro atoms. The molecule has 0 aliphatic carbocycles. The third-order valence-corrected chi connectivity index (χ3v) is 5.62. The van der Waals surface area contributed by atoms with Gasteiger partial charge in [0, 0.05) is 13.1 Å². The van der Waals surface area contributed by atoms with Crippen LogP contribution in [0.3, 0.4) is 0 Å². The standard InChI is InChI=1S/C16H24ClN6O6P/c1-3-18-12-11-13(22-16(17)21-12)23(8-20-11)10-6-5-9(29-10)7-28-15(30(25,26)27)14(24)19-4-2/h8-10,15H,3-7H2,1-2H3,(H,19,24)(H,18,21,22)(H2,25,26,27)/t9-,10+,15-/m0/s1. The predicted molar refractivity (Wildman–Crippen MR) is 108 cm³/mol. The first-order valence-corrected chi connectivity index (χ1v) is 11.5. The van der Waals surface area contributed by atoms with E-state index >= 15 is 0 Å². The highest BCUT2D eigenvalue weighted by atomic mass is 35.5. The summed E-state index contributed by atoms with van der Waals surface area (Å²) in [6.45, 7) is 4.30. The minimum atomic E-state index is -4.78. The van der Waals surface area contributed by atoms with Gasteiger partial charge in [0.05, 0.1) is 19.0 Å². The molecule has 1 aliphatic heterocycles. The number of likely N-dealkylation sites (N-methyl/N-ethyl adjacent to an activating group) is 1. The number of carbonyl (C=O) groups excluding carboxylic acids is 1. The second kappa shape index (κ2) is 9.54. The second-order valence-electron chi connectivity index (χ2n) is 6.66. The Labute approximate surface area is 177 Å². The van der Waals surface area contributed by atoms with E-state index in [2.05, 4.69) is 25.6 Å². The van der Waals surface area contributed by atoms with Gasteiger partial charge in [-0.05, 0) is 38.3 Å². The number of carbonyl (C=O) groups is 1. The maximum absolute atomic E-state index is 11.9. The van der Waals surface area contributed by atoms with Crippen molar-refractivity contribution in [2.75, 3.05) is 25.0 Å². The van der Waals surface area contributed by atoms with E-state index in [4.69, 9.17) is 21.1 Å². The first kappa shape index (κ1) is 22.9. The van der Waals surface area contributed by atoms with E-state index in [9.17, 15) is 19.1 Å². The number of ether oxygens (including phenoxy) is 2. The molecule has 0 bridgehead atoms. The molecule has 4 N–H and O–H groups in total. The Morgan fingerprint density at radius 2 is 2.17 bits per heavy atom. The maximum atomic E-state index is 11.9. The van der Waals surface area contributed by atoms with Gasteiger partial charge >= 0.3 is 7.60 Å². The van der Waals surface area contributed by atoms with E-state index in [-0.39, 0.29) is 18.4 Å². The minimum absolute atomic E-state index is 0.0736. The minimum Gasteiger partial charge on any atom is -0.368 e. The van der Waals surface area contributed by atoms with E-state index in [0.29, 0.717) is 36.4 Å². The van der Waals surface area contributed by atoms with Gasteiger partial charge in [-0.3, -0.25) is 13.9 Å². The van der Waals surface area contributed by atoms with Crippen LogP contribution in [0.25, 0.3) is 11.2 Å². The van der Waals surface area contributed by atoms with Crippen LogP contribution >= 0.6 is 19.2 Å². The van der Waals surface area contributed by atoms with E-state index in [1.165, 1.54) is 0 Å². The molecule has 3 atom stereocenters. The van der Waals surface area contributed by atoms with Gasteiger partial charge in [-0.15, -0.1) is 0 Å². The van der Waals surface area contributed by atoms with Gasteiger partial charge in [0.25, 0.3) is 5.91 Å². The molecule has 1 aliphatic rings. The van der Waals surface area contributed by atoms with Gasteiger partial charge < -0.3 is 29.9 Å². The lowest BCUT2D eigenvalue weighted by molar-refractivity contribution is -0.131. The Morgan fingerprint density at radius 1 is 1.40 bits per heavy atom. The van der Waals surface area contributed by atoms with Crippen LogP contribution in [0.4, 0.5) is 5.82 Å². The molecule has 0 saturated carbocycles. The van der Waals surface area contributed by atoms with Crippen LogP contribution < -0.4 is 10.6 Å². The molecule has 1 amide bonds. The molecule has 3 heterocycles. The van der Waals surface area contributed by atoms with Gasteiger partial charge in [0.1, 0.15) is 6.23 Å². The van der Waals surface area contributed by atoms with E-state index < -0.39 is 31.7 Å². The Balaban J connectivity index is 1.70. The van der Waals surface area contributed by atoms with Crippen LogP contribution in [-0.4, -0.2) is 66.9 Å². The monoisotopic (exact) mass is 462 g/mol. The van der Waals surface area contributed by atoms with Crippen molar-refractivity contribution < 1.29 is 28.6 Å². The fraction of sp³-hybridized carbons (Fsp3) is 0.625. The number of fused-ring (bicyclic) bond motifs is 1. The Morgan fingerprint density at radius 3 is 2.83 bits per heavy atom. The van der Waals surface area contributed by atoms with Crippen molar-refractivity contribution in [1.29, 1.82) is 0 Å². The molecule has 166 valence electrons. The molecule has 0 aromatic carbocycles. The second-order valence-corrected chi connectivity index (χ2v) is 8.64. The lowest BCUT2D eigenvalue weighted by atomic mass is 10.2. The highest BCUT2D eigenvalue weighted by Gasteiger charge is 2.38. The van der Waals surface area contributed by atoms with E-state index in [1.807, 2.05) is 6.92 Å². The zero-order valence-electron chi connectivity index (χ0n) is 16.5. The highest BCUT2D eigenvalue weighted by Crippen LogP contribution is 2.42. The first-order chi connectivity index (χ1) is 14.2. The molecule has 2 aromatic rings. The molecule has 0 unspecified atom stereocenters. The normalized spacial score (nSPS) is 20.4. The van der Waals surface area contributed by atoms with Crippen molar-refractivity contribution >= 4 is 42.1 Å². The Bertz CT molecular complexity index is 952. The number of hydrogen-bond donors (Lipinski definition) is 4. The van der Waals surface area contributed by atoms with Gasteiger partial charge in [-0.25, -0.2) is 4.98 Å². The molecule has 1 saturated heterocycles. The SMILES string of the molecule is CCNC(=O)[C@@H](OC[C@@H]1CC[C@H](n2cnc3c(NCC)nc(Cl)nc32)O1)P(=O)(O)O. The lowest BCUT2D eigenvalue weighted by Crippen LogP contribution is -2.37. The third kappa shape index (κ3) is 5.08. The highest BCUT2D eigenvalue weighted by molar-refractivity contribution is 7.53. The number of anilines is 1. The average Bonchev–Trinajstić information content (AvgIpc) is 3.28. The summed E-state index contributed by atoms with van der Waals surface area (Å²) in [7, 11) is -4.78. The fourth-order valence-electron chi connectivity index (χ4n) is 3.19. The number of imidazole rings is 1. The van der Waals surface area contributed by atoms with Crippen LogP contribution in [0.5, 0.6) is 0 Å². The van der Waals surface area contributed by atoms with Crippen LogP contribution in [-0.2, 0) is 18.8 Å². The zero-order valence-corrected chi connectivity index (χ0v) is 18.1. The van der Waals surface area contributed by atoms with Crippen molar-refractivity contribution in [3.63, 3.8) is 0 Å². The molecule has 14 heteroatoms. The van der Waals surface area contributed by atoms with E-state index in [0.717, 1.165) is 0 Å². The molecular weight excluding hydrogens is 439 g/mol. The summed E-state index contributed by atoms with van der Waals surface area (Å²) >= 11 is 6.03. The number of nitrogens with zero attached hydrogens (tertiary/aromatic N) is 4. The van der Waals surface area contributed by atoms with Crippen molar-refractivity contribution in [3.05, 3.63) is 11.6 Å². The summed E-state index contributed by atoms with van der Waals surface area (Å²) in [6.07, 6.45) is 1.87. The molecule has 2 aromatic heterocycles. The van der Waals surface area contributed by atoms with Gasteiger partial charge in [-0.2, -0.15) is 9.97 Å². The van der Waals surface area contributed by atoms with Crippen LogP contribution in [0.15, 0.2) is 6.33 Å². The lowest BCUT2D eigenvalue weighted by Gasteiger charge is -2.21. The summed E-state index contributed by atoms with van der Waals surface area (Å²) in [5, 5.41) is 5.52. The number of hydrogen-bond acceptors (Lipinski definition) is 8. The molecule has 1 fully saturated rings. The summed E-state index contributed by atoms with van der Waals surface area (Å²) < 4.78 is 24.5. The average molecular weight is 463 g/mol. The summed E-state index contributed by atoms with van der Waals surface area (Å²) in [6, 6.07) is 0. The molecule has 12 nitrogen and oxygen atoms in total. The topological polar surface area (TPSA) is 161 Å². The first-order valence-electron chi connectivity index (χ1n) is 9.48. The third-order valence-electron chi connectivity index (χ3n) is 4.45. The van der Waals surface area contributed by atoms with Gasteiger partial charge in [-0.1, -0.05) is 0 Å². The Hall–Kier alpha value is -1.82. The van der Waals surface area contributed by atoms with Gasteiger partial charge in [0.2, 0.25) is 11.1 Å². The number of nitrogens with one attached hydrogen (secondary N) is 2. The van der Waals surface area contributed by atoms with Crippen LogP contribution in [0.2, 0.25) is 5.28 Å². The molecule has 30 heavy (non-hydrogen) atoms. The smallest absolute Gasteiger partial charge is 0.363 e. The maximum Gasteiger partial charge on any atom is 0.363 e. The van der Waals surface area contributed by atoms with E-state index in [1.54, 1.807) is 17.8 Å². The summed E-state index contributed by atoms with van der Waals surface area (Å²) in [4.78, 5) is 43.4. The number of aromatic nitrogens is 4. The van der Waals surface area contributed by atoms with Crippen molar-refractivity contribution in [3.8, 4) is 0 Å². The van der Waals surface area contributed by atoms with Crippen molar-refractivity contribution in [2.45, 2.75) is 44.9 Å². The summed E-state index contributed by atoms with van der Waals surface area (Å²) in [5.74, 6) is -2.21. The number of amides is 1. The van der Waals surface area contributed by atoms with Crippen LogP contribution in [0, 0.1) is 0 Å². The number of rotatable bonds is 9. The predicted octanol–water partition coefficient (Wildman–Crippen LogP) is 1.25. The number of halogens is 1. The van der Waals surface area contributed by atoms with Gasteiger partial charge in [0.15, 0.2) is 17.0 Å². The van der Waals surface area contributed by atoms with Crippen LogP contribution in [0.1, 0.15) is 32.9 Å². The van der Waals surface area contributed by atoms with Crippen molar-refractivity contribution in [1.82, 2.24) is 24.8 Å². The largest absolute Gasteiger partial charge is 0.368 e. The van der Waals surface area contributed by atoms with Crippen molar-refractivity contribution in [2.24, 2.45) is 0 Å². The quantitative estimate of drug-likeness (QED) is 0.315. The molecule has 0 radical (unpaired) electrons. The summed E-state index contributed by atoms with van der Waals surface area (Å²) in [5.41, 5.74) is 1.07. The molecular formula is C16H24ClN6O6P. The molecule has 3 rings (SSSR count). The zero-order chi connectivity index (χ0) is 21.9.